The number of ether oxygens (including phenoxy) is 1. The van der Waals surface area contributed by atoms with Gasteiger partial charge in [0.2, 0.25) is 0 Å². The van der Waals surface area contributed by atoms with E-state index in [0.29, 0.717) is 26.7 Å². The van der Waals surface area contributed by atoms with Crippen LogP contribution < -0.4 is 15.0 Å². The highest BCUT2D eigenvalue weighted by Gasteiger charge is 2.32. The fraction of sp³-hybridized carbons (Fsp3) is 0.130. The molecular weight excluding hydrogens is 414 g/mol. The monoisotopic (exact) mass is 434 g/mol. The topological polar surface area (TPSA) is 89.3 Å². The van der Waals surface area contributed by atoms with Gasteiger partial charge in [-0.25, -0.2) is 14.7 Å². The van der Waals surface area contributed by atoms with Crippen molar-refractivity contribution >= 4 is 46.6 Å². The van der Waals surface area contributed by atoms with Gasteiger partial charge in [-0.1, -0.05) is 12.1 Å². The molecule has 0 fully saturated rings. The molecule has 7 nitrogen and oxygen atoms in total. The number of nitrogens with one attached hydrogen (secondary N) is 2. The second-order valence-corrected chi connectivity index (χ2v) is 8.04. The summed E-state index contributed by atoms with van der Waals surface area (Å²) in [5, 5.41) is 2.72. The molecule has 4 rings (SSSR count). The average molecular weight is 434 g/mol. The van der Waals surface area contributed by atoms with E-state index in [-0.39, 0.29) is 24.1 Å². The molecule has 1 atom stereocenters. The number of fused-ring (bicyclic) bond motifs is 1. The molecule has 0 saturated heterocycles. The fourth-order valence-electron chi connectivity index (χ4n) is 3.28. The number of nitrogens with zero attached hydrogens (tertiary/aromatic N) is 1. The van der Waals surface area contributed by atoms with Crippen LogP contribution in [0.2, 0.25) is 0 Å². The largest absolute Gasteiger partial charge is 0.497 e. The van der Waals surface area contributed by atoms with Crippen LogP contribution in [0, 0.1) is 0 Å². The first kappa shape index (κ1) is 20.6. The normalized spacial score (nSPS) is 14.8. The van der Waals surface area contributed by atoms with E-state index in [2.05, 4.69) is 10.3 Å². The molecular formula is C23H20N3O4S+. The van der Waals surface area contributed by atoms with E-state index in [1.54, 1.807) is 31.4 Å². The van der Waals surface area contributed by atoms with Crippen LogP contribution in [-0.2, 0) is 4.79 Å². The Morgan fingerprint density at radius 3 is 2.58 bits per heavy atom. The first-order valence-electron chi connectivity index (χ1n) is 9.59. The first-order valence-corrected chi connectivity index (χ1v) is 10.4. The number of hydrogen-bond donors (Lipinski definition) is 2. The Morgan fingerprint density at radius 1 is 1.13 bits per heavy atom. The Morgan fingerprint density at radius 2 is 1.87 bits per heavy atom. The zero-order valence-electron chi connectivity index (χ0n) is 17.0. The maximum absolute atomic E-state index is 13.0. The molecule has 1 aromatic heterocycles. The van der Waals surface area contributed by atoms with Gasteiger partial charge in [0, 0.05) is 10.4 Å². The van der Waals surface area contributed by atoms with E-state index < -0.39 is 0 Å². The number of thiophene rings is 1. The molecule has 0 bridgehead atoms. The third kappa shape index (κ3) is 4.30. The van der Waals surface area contributed by atoms with E-state index in [1.165, 1.54) is 24.6 Å². The molecule has 0 saturated carbocycles. The summed E-state index contributed by atoms with van der Waals surface area (Å²) in [5.41, 5.74) is 2.42. The van der Waals surface area contributed by atoms with Gasteiger partial charge in [0.15, 0.2) is 23.5 Å². The Labute approximate surface area is 183 Å². The summed E-state index contributed by atoms with van der Waals surface area (Å²) in [6.07, 6.45) is 1.45. The van der Waals surface area contributed by atoms with Gasteiger partial charge in [0.05, 0.1) is 18.5 Å². The van der Waals surface area contributed by atoms with Crippen molar-refractivity contribution < 1.29 is 24.0 Å². The van der Waals surface area contributed by atoms with Crippen molar-refractivity contribution in [2.45, 2.75) is 6.92 Å². The fourth-order valence-corrected chi connectivity index (χ4v) is 4.37. The number of para-hydroxylation sites is 1. The van der Waals surface area contributed by atoms with Crippen LogP contribution in [0.25, 0.3) is 10.4 Å². The molecule has 0 radical (unpaired) electrons. The predicted molar refractivity (Wildman–Crippen MR) is 120 cm³/mol. The van der Waals surface area contributed by atoms with E-state index in [9.17, 15) is 14.4 Å². The summed E-state index contributed by atoms with van der Waals surface area (Å²) in [5.74, 6) is 0.0314. The number of rotatable bonds is 6. The van der Waals surface area contributed by atoms with Crippen LogP contribution in [0.1, 0.15) is 27.0 Å². The molecule has 0 aliphatic carbocycles. The van der Waals surface area contributed by atoms with E-state index in [4.69, 9.17) is 4.74 Å². The standard InChI is InChI=1S/C23H19N3O4S/c1-14(27)17-5-3-4-6-18(17)25-21(28)12-26-13-24-19-11-20(31-22(19)23(26)29)15-7-9-16(30-2)10-8-15/h3-11,13H,12H2,1-2H3,(H,25,28)/p+1. The molecule has 31 heavy (non-hydrogen) atoms. The molecule has 3 aromatic rings. The van der Waals surface area contributed by atoms with Crippen LogP contribution in [0.15, 0.2) is 59.6 Å². The maximum Gasteiger partial charge on any atom is 0.362 e. The lowest BCUT2D eigenvalue weighted by atomic mass is 10.1. The lowest BCUT2D eigenvalue weighted by molar-refractivity contribution is -0.694. The van der Waals surface area contributed by atoms with Crippen molar-refractivity contribution in [2.24, 2.45) is 4.99 Å². The summed E-state index contributed by atoms with van der Waals surface area (Å²) >= 11 is 1.35. The second-order valence-electron chi connectivity index (χ2n) is 6.99. The quantitative estimate of drug-likeness (QED) is 0.584. The molecule has 0 spiro atoms. The van der Waals surface area contributed by atoms with Gasteiger partial charge in [-0.05, 0) is 55.0 Å². The number of carbonyl (C=O) groups excluding carboxylic acids is 3. The summed E-state index contributed by atoms with van der Waals surface area (Å²) < 4.78 is 5.18. The molecule has 2 amide bonds. The highest BCUT2D eigenvalue weighted by molar-refractivity contribution is 7.18. The molecule has 8 heteroatoms. The Bertz CT molecular complexity index is 1200. The lowest BCUT2D eigenvalue weighted by Crippen LogP contribution is -3.15. The maximum atomic E-state index is 13.0. The zero-order valence-corrected chi connectivity index (χ0v) is 17.8. The number of quaternary nitrogens is 1. The van der Waals surface area contributed by atoms with Gasteiger partial charge in [0.1, 0.15) is 5.75 Å². The van der Waals surface area contributed by atoms with Crippen LogP contribution >= 0.6 is 11.3 Å². The van der Waals surface area contributed by atoms with Crippen molar-refractivity contribution in [3.05, 3.63) is 65.0 Å². The minimum Gasteiger partial charge on any atom is -0.497 e. The Kier molecular flexibility index (Phi) is 5.75. The van der Waals surface area contributed by atoms with Crippen molar-refractivity contribution in [3.8, 4) is 16.2 Å². The van der Waals surface area contributed by atoms with Crippen molar-refractivity contribution in [1.82, 2.24) is 0 Å². The number of aliphatic imine (C=N–C) groups is 1. The Hall–Kier alpha value is -3.62. The number of benzene rings is 2. The van der Waals surface area contributed by atoms with Gasteiger partial charge in [-0.15, -0.1) is 11.3 Å². The number of methoxy groups -OCH3 is 1. The Balaban J connectivity index is 1.48. The van der Waals surface area contributed by atoms with E-state index >= 15 is 0 Å². The second kappa shape index (κ2) is 8.63. The minimum absolute atomic E-state index is 0.121. The van der Waals surface area contributed by atoms with E-state index in [0.717, 1.165) is 16.2 Å². The van der Waals surface area contributed by atoms with Gasteiger partial charge in [-0.3, -0.25) is 9.59 Å². The van der Waals surface area contributed by atoms with Crippen LogP contribution in [0.4, 0.5) is 11.4 Å². The number of Topliss-reactive ketones (excluding diaryl/α,β-unsaturated/α-hetero) is 1. The van der Waals surface area contributed by atoms with E-state index in [1.807, 2.05) is 30.3 Å². The summed E-state index contributed by atoms with van der Waals surface area (Å²) in [4.78, 5) is 43.4. The molecule has 156 valence electrons. The smallest absolute Gasteiger partial charge is 0.362 e. The molecule has 1 unspecified atom stereocenters. The highest BCUT2D eigenvalue weighted by atomic mass is 32.1. The third-order valence-electron chi connectivity index (χ3n) is 4.88. The van der Waals surface area contributed by atoms with Gasteiger partial charge < -0.3 is 10.1 Å². The van der Waals surface area contributed by atoms with Gasteiger partial charge in [0.25, 0.3) is 5.91 Å². The summed E-state index contributed by atoms with van der Waals surface area (Å²) in [6.45, 7) is 1.32. The summed E-state index contributed by atoms with van der Waals surface area (Å²) in [6, 6.07) is 16.2. The molecule has 2 aromatic carbocycles. The number of hydrogen-bond acceptors (Lipinski definition) is 6. The minimum atomic E-state index is -0.376. The van der Waals surface area contributed by atoms with Crippen LogP contribution in [0.3, 0.4) is 0 Å². The molecule has 1 aliphatic rings. The lowest BCUT2D eigenvalue weighted by Gasteiger charge is -2.15. The highest BCUT2D eigenvalue weighted by Crippen LogP contribution is 2.37. The molecule has 1 aliphatic heterocycles. The number of carbonyl (C=O) groups is 3. The van der Waals surface area contributed by atoms with Crippen molar-refractivity contribution in [3.63, 3.8) is 0 Å². The third-order valence-corrected chi connectivity index (χ3v) is 6.05. The average Bonchev–Trinajstić information content (AvgIpc) is 3.21. The van der Waals surface area contributed by atoms with Crippen molar-refractivity contribution in [2.75, 3.05) is 19.0 Å². The number of ketones is 1. The van der Waals surface area contributed by atoms with Gasteiger partial charge in [-0.2, -0.15) is 0 Å². The zero-order chi connectivity index (χ0) is 22.0. The van der Waals surface area contributed by atoms with Crippen LogP contribution in [-0.4, -0.2) is 37.6 Å². The molecule has 2 N–H and O–H groups in total. The van der Waals surface area contributed by atoms with Gasteiger partial charge >= 0.3 is 5.91 Å². The first-order chi connectivity index (χ1) is 15.0. The SMILES string of the molecule is COc1ccc(-c2cc3c(s2)C(=O)[NH+](CC(=O)Nc2ccccc2C(C)=O)C=N3)cc1. The molecule has 2 heterocycles. The number of amides is 2. The summed E-state index contributed by atoms with van der Waals surface area (Å²) in [7, 11) is 1.61. The number of anilines is 1. The van der Waals surface area contributed by atoms with Crippen molar-refractivity contribution in [1.29, 1.82) is 0 Å². The predicted octanol–water partition coefficient (Wildman–Crippen LogP) is 2.96. The van der Waals surface area contributed by atoms with Crippen LogP contribution in [0.5, 0.6) is 5.75 Å².